The highest BCUT2D eigenvalue weighted by Crippen LogP contribution is 2.33. The summed E-state index contributed by atoms with van der Waals surface area (Å²) in [7, 11) is 0. The second-order valence-corrected chi connectivity index (χ2v) is 12.9. The molecule has 5 aromatic carbocycles. The number of nitrogens with zero attached hydrogens (tertiary/aromatic N) is 2. The van der Waals surface area contributed by atoms with Crippen LogP contribution in [-0.2, 0) is 5.41 Å². The molecule has 0 saturated heterocycles. The largest absolute Gasteiger partial charge is 0.284 e. The summed E-state index contributed by atoms with van der Waals surface area (Å²) in [6.45, 7) is 11.3. The van der Waals surface area contributed by atoms with Crippen LogP contribution in [0.1, 0.15) is 37.5 Å². The van der Waals surface area contributed by atoms with Crippen molar-refractivity contribution < 1.29 is 9.35 Å². The summed E-state index contributed by atoms with van der Waals surface area (Å²) < 4.78 is 4.62. The maximum absolute atomic E-state index is 2.38. The third kappa shape index (κ3) is 4.97. The Morgan fingerprint density at radius 1 is 0.455 bits per heavy atom. The molecule has 0 atom stereocenters. The molecular weight excluding hydrogens is 532 g/mol. The van der Waals surface area contributed by atoms with Gasteiger partial charge in [0.15, 0.2) is 0 Å². The lowest BCUT2D eigenvalue weighted by Gasteiger charge is -2.18. The minimum atomic E-state index is 0.0129. The van der Waals surface area contributed by atoms with Crippen LogP contribution in [0, 0.1) is 13.8 Å². The van der Waals surface area contributed by atoms with Crippen molar-refractivity contribution in [3.63, 3.8) is 0 Å². The maximum Gasteiger partial charge on any atom is 0.284 e. The monoisotopic (exact) mass is 570 g/mol. The minimum absolute atomic E-state index is 0.0129. The molecule has 0 aliphatic heterocycles. The van der Waals surface area contributed by atoms with E-state index in [0.29, 0.717) is 0 Å². The normalized spacial score (nSPS) is 11.8. The van der Waals surface area contributed by atoms with Gasteiger partial charge in [0.1, 0.15) is 0 Å². The molecule has 0 amide bonds. The quantitative estimate of drug-likeness (QED) is 0.147. The van der Waals surface area contributed by atoms with Gasteiger partial charge in [-0.25, -0.2) is 0 Å². The molecule has 2 aromatic heterocycles. The lowest BCUT2D eigenvalue weighted by Crippen LogP contribution is -2.68. The van der Waals surface area contributed by atoms with Crippen LogP contribution < -0.4 is 9.35 Å². The van der Waals surface area contributed by atoms with Gasteiger partial charge in [-0.15, -0.1) is 0 Å². The molecule has 2 nitrogen and oxygen atoms in total. The number of benzene rings is 5. The van der Waals surface area contributed by atoms with Gasteiger partial charge >= 0.3 is 0 Å². The van der Waals surface area contributed by atoms with Crippen molar-refractivity contribution in [1.29, 1.82) is 0 Å². The third-order valence-electron chi connectivity index (χ3n) is 8.86. The van der Waals surface area contributed by atoms with E-state index >= 15 is 0 Å². The van der Waals surface area contributed by atoms with E-state index in [1.54, 1.807) is 0 Å². The first kappa shape index (κ1) is 27.7. The topological polar surface area (TPSA) is 7.76 Å². The fraction of sp³-hybridized carbons (Fsp3) is 0.143. The average Bonchev–Trinajstić information content (AvgIpc) is 3.04. The van der Waals surface area contributed by atoms with Crippen molar-refractivity contribution in [1.82, 2.24) is 0 Å². The first-order valence-corrected chi connectivity index (χ1v) is 15.4. The molecule has 2 heteroatoms. The van der Waals surface area contributed by atoms with Crippen molar-refractivity contribution in [3.8, 4) is 33.6 Å². The van der Waals surface area contributed by atoms with Gasteiger partial charge in [0.25, 0.3) is 11.4 Å². The molecule has 0 unspecified atom stereocenters. The maximum atomic E-state index is 2.38. The summed E-state index contributed by atoms with van der Waals surface area (Å²) in [5.74, 6) is 0. The molecule has 0 radical (unpaired) electrons. The Kier molecular flexibility index (Phi) is 6.86. The highest BCUT2D eigenvalue weighted by Gasteiger charge is 2.31. The number of pyridine rings is 2. The molecule has 0 aliphatic rings. The van der Waals surface area contributed by atoms with Gasteiger partial charge in [0, 0.05) is 24.3 Å². The van der Waals surface area contributed by atoms with Gasteiger partial charge in [-0.1, -0.05) is 106 Å². The van der Waals surface area contributed by atoms with Gasteiger partial charge in [0.2, 0.25) is 12.4 Å². The summed E-state index contributed by atoms with van der Waals surface area (Å²) in [6.07, 6.45) is 4.42. The molecule has 7 rings (SSSR count). The van der Waals surface area contributed by atoms with Crippen LogP contribution in [-0.4, -0.2) is 0 Å². The lowest BCUT2D eigenvalue weighted by molar-refractivity contribution is -1.29. The van der Waals surface area contributed by atoms with E-state index in [4.69, 9.17) is 0 Å². The zero-order valence-corrected chi connectivity index (χ0v) is 26.2. The number of aryl methyl sites for hydroxylation is 2. The van der Waals surface area contributed by atoms with E-state index in [1.165, 1.54) is 60.5 Å². The molecule has 2 heterocycles. The van der Waals surface area contributed by atoms with Crippen LogP contribution in [0.5, 0.6) is 0 Å². The molecule has 0 saturated carbocycles. The number of aromatic nitrogens is 2. The summed E-state index contributed by atoms with van der Waals surface area (Å²) in [4.78, 5) is 0. The zero-order valence-electron chi connectivity index (χ0n) is 26.2. The summed E-state index contributed by atoms with van der Waals surface area (Å²) >= 11 is 0. The first-order valence-electron chi connectivity index (χ1n) is 15.4. The van der Waals surface area contributed by atoms with Gasteiger partial charge in [-0.2, -0.15) is 0 Å². The Bertz CT molecular complexity index is 2170. The van der Waals surface area contributed by atoms with Crippen molar-refractivity contribution in [3.05, 3.63) is 156 Å². The van der Waals surface area contributed by atoms with Crippen molar-refractivity contribution in [2.45, 2.75) is 40.0 Å². The zero-order chi connectivity index (χ0) is 30.4. The van der Waals surface area contributed by atoms with Crippen LogP contribution in [0.25, 0.3) is 55.2 Å². The van der Waals surface area contributed by atoms with E-state index in [0.717, 1.165) is 11.4 Å². The predicted molar refractivity (Wildman–Crippen MR) is 184 cm³/mol. The molecule has 0 aliphatic carbocycles. The van der Waals surface area contributed by atoms with Gasteiger partial charge in [-0.05, 0) is 86.8 Å². The van der Waals surface area contributed by atoms with E-state index in [-0.39, 0.29) is 5.41 Å². The standard InChI is InChI=1S/C42H38N2/c1-29-18-19-33(31-13-7-6-8-14-31)26-37(29)41-27-35(42(3,4)5)22-24-44(41)43-23-12-11-17-40(43)38-28-39-34(25-30(38)2)21-20-32-15-9-10-16-36(32)39/h6-28H,1-5H3/q+2. The summed E-state index contributed by atoms with van der Waals surface area (Å²) in [5, 5.41) is 5.09. The Hall–Kier alpha value is -5.08. The van der Waals surface area contributed by atoms with E-state index in [2.05, 4.69) is 184 Å². The molecular formula is C42H38N2+2. The Morgan fingerprint density at radius 2 is 1.16 bits per heavy atom. The van der Waals surface area contributed by atoms with Gasteiger partial charge in [-0.3, -0.25) is 0 Å². The first-order chi connectivity index (χ1) is 21.3. The number of rotatable bonds is 4. The number of hydrogen-bond acceptors (Lipinski definition) is 0. The fourth-order valence-electron chi connectivity index (χ4n) is 6.34. The SMILES string of the molecule is Cc1ccc(-c2ccccc2)cc1-c1cc(C(C)(C)C)cc[n+]1-[n+]1ccccc1-c1cc2c(ccc3ccccc32)cc1C. The molecule has 0 N–H and O–H groups in total. The Balaban J connectivity index is 1.48. The number of hydrogen-bond donors (Lipinski definition) is 0. The van der Waals surface area contributed by atoms with Crippen LogP contribution in [0.4, 0.5) is 0 Å². The van der Waals surface area contributed by atoms with E-state index in [9.17, 15) is 0 Å². The minimum Gasteiger partial charge on any atom is -0.0622 e. The highest BCUT2D eigenvalue weighted by molar-refractivity contribution is 6.09. The molecule has 7 aromatic rings. The van der Waals surface area contributed by atoms with Crippen molar-refractivity contribution in [2.75, 3.05) is 0 Å². The molecule has 214 valence electrons. The van der Waals surface area contributed by atoms with Crippen LogP contribution in [0.2, 0.25) is 0 Å². The van der Waals surface area contributed by atoms with E-state index < -0.39 is 0 Å². The van der Waals surface area contributed by atoms with Gasteiger partial charge in [0.05, 0.1) is 20.5 Å². The third-order valence-corrected chi connectivity index (χ3v) is 8.86. The van der Waals surface area contributed by atoms with Crippen molar-refractivity contribution >= 4 is 21.5 Å². The fourth-order valence-corrected chi connectivity index (χ4v) is 6.34. The number of fused-ring (bicyclic) bond motifs is 3. The molecule has 0 fully saturated rings. The van der Waals surface area contributed by atoms with E-state index in [1.807, 2.05) is 0 Å². The summed E-state index contributed by atoms with van der Waals surface area (Å²) in [5.41, 5.74) is 11.0. The molecule has 44 heavy (non-hydrogen) atoms. The Morgan fingerprint density at radius 3 is 1.98 bits per heavy atom. The second kappa shape index (κ2) is 10.9. The second-order valence-electron chi connectivity index (χ2n) is 12.9. The van der Waals surface area contributed by atoms with Crippen molar-refractivity contribution in [2.24, 2.45) is 0 Å². The predicted octanol–water partition coefficient (Wildman–Crippen LogP) is 9.79. The smallest absolute Gasteiger partial charge is 0.0622 e. The Labute approximate surface area is 260 Å². The highest BCUT2D eigenvalue weighted by atomic mass is 15.4. The van der Waals surface area contributed by atoms with Crippen LogP contribution in [0.3, 0.4) is 0 Å². The van der Waals surface area contributed by atoms with Crippen LogP contribution >= 0.6 is 0 Å². The van der Waals surface area contributed by atoms with Gasteiger partial charge < -0.3 is 0 Å². The summed E-state index contributed by atoms with van der Waals surface area (Å²) in [6, 6.07) is 46.5. The van der Waals surface area contributed by atoms with Crippen LogP contribution in [0.15, 0.2) is 140 Å². The molecule has 0 spiro atoms. The molecule has 0 bridgehead atoms. The average molecular weight is 571 g/mol. The lowest BCUT2D eigenvalue weighted by atomic mass is 9.86.